The maximum atomic E-state index is 12.5. The van der Waals surface area contributed by atoms with Gasteiger partial charge in [-0.3, -0.25) is 4.79 Å². The average molecular weight is 405 g/mol. The molecule has 2 aliphatic rings. The van der Waals surface area contributed by atoms with E-state index < -0.39 is 0 Å². The number of carbonyl (C=O) groups is 1. The fourth-order valence-corrected chi connectivity index (χ4v) is 3.59. The standard InChI is InChI=1S/C17H28N6O.2ClH/c1-21(2)17-19-7-6-15(20-17)22-8-10-23(11-9-22)16(24)12-13-4-3-5-14(13)18;;/h6-7,13-14H,3-5,8-12,18H2,1-2H3;2*1H/t13-,14+;;/m0../s1. The van der Waals surface area contributed by atoms with Crippen molar-refractivity contribution in [3.63, 3.8) is 0 Å². The summed E-state index contributed by atoms with van der Waals surface area (Å²) >= 11 is 0. The number of carbonyl (C=O) groups excluding carboxylic acids is 1. The van der Waals surface area contributed by atoms with E-state index in [2.05, 4.69) is 14.9 Å². The Morgan fingerprint density at radius 1 is 1.23 bits per heavy atom. The third-order valence-electron chi connectivity index (χ3n) is 5.14. The van der Waals surface area contributed by atoms with E-state index in [0.29, 0.717) is 18.3 Å². The largest absolute Gasteiger partial charge is 0.353 e. The lowest BCUT2D eigenvalue weighted by Gasteiger charge is -2.36. The number of hydrogen-bond donors (Lipinski definition) is 1. The van der Waals surface area contributed by atoms with Gasteiger partial charge in [-0.1, -0.05) is 6.42 Å². The summed E-state index contributed by atoms with van der Waals surface area (Å²) in [6, 6.07) is 2.14. The predicted molar refractivity (Wildman–Crippen MR) is 110 cm³/mol. The highest BCUT2D eigenvalue weighted by molar-refractivity contribution is 5.85. The molecule has 0 spiro atoms. The van der Waals surface area contributed by atoms with Crippen LogP contribution in [0.4, 0.5) is 11.8 Å². The third-order valence-corrected chi connectivity index (χ3v) is 5.14. The SMILES string of the molecule is CN(C)c1nccc(N2CCN(C(=O)C[C@@H]3CCC[C@H]3N)CC2)n1.Cl.Cl. The normalized spacial score (nSPS) is 22.4. The molecule has 1 amide bonds. The van der Waals surface area contributed by atoms with Crippen molar-refractivity contribution in [3.8, 4) is 0 Å². The van der Waals surface area contributed by atoms with Crippen molar-refractivity contribution in [2.24, 2.45) is 11.7 Å². The van der Waals surface area contributed by atoms with Crippen molar-refractivity contribution >= 4 is 42.5 Å². The van der Waals surface area contributed by atoms with Gasteiger partial charge in [0.05, 0.1) is 0 Å². The third kappa shape index (κ3) is 5.34. The zero-order valence-electron chi connectivity index (χ0n) is 15.5. The molecule has 1 aliphatic carbocycles. The fraction of sp³-hybridized carbons (Fsp3) is 0.706. The molecule has 0 unspecified atom stereocenters. The minimum atomic E-state index is 0. The Morgan fingerprint density at radius 3 is 2.50 bits per heavy atom. The molecule has 1 saturated carbocycles. The summed E-state index contributed by atoms with van der Waals surface area (Å²) in [5.74, 6) is 2.27. The fourth-order valence-electron chi connectivity index (χ4n) is 3.59. The van der Waals surface area contributed by atoms with Crippen molar-refractivity contribution in [3.05, 3.63) is 12.3 Å². The van der Waals surface area contributed by atoms with Gasteiger partial charge in [-0.2, -0.15) is 4.98 Å². The molecule has 2 atom stereocenters. The number of rotatable bonds is 4. The Balaban J connectivity index is 0.00000169. The van der Waals surface area contributed by atoms with Crippen molar-refractivity contribution < 1.29 is 4.79 Å². The molecule has 3 rings (SSSR count). The van der Waals surface area contributed by atoms with E-state index in [1.54, 1.807) is 6.20 Å². The first-order valence-electron chi connectivity index (χ1n) is 8.83. The quantitative estimate of drug-likeness (QED) is 0.819. The van der Waals surface area contributed by atoms with E-state index >= 15 is 0 Å². The minimum Gasteiger partial charge on any atom is -0.353 e. The van der Waals surface area contributed by atoms with Crippen LogP contribution in [-0.4, -0.2) is 67.1 Å². The highest BCUT2D eigenvalue weighted by Crippen LogP contribution is 2.27. The first-order chi connectivity index (χ1) is 11.5. The second kappa shape index (κ2) is 10.1. The Hall–Kier alpha value is -1.31. The van der Waals surface area contributed by atoms with Gasteiger partial charge in [0, 0.05) is 58.9 Å². The van der Waals surface area contributed by atoms with Crippen LogP contribution in [0.15, 0.2) is 12.3 Å². The Labute approximate surface area is 168 Å². The molecular weight excluding hydrogens is 375 g/mol. The van der Waals surface area contributed by atoms with Crippen LogP contribution in [0.3, 0.4) is 0 Å². The van der Waals surface area contributed by atoms with Gasteiger partial charge in [0.2, 0.25) is 11.9 Å². The number of piperazine rings is 1. The molecule has 1 saturated heterocycles. The lowest BCUT2D eigenvalue weighted by Crippen LogP contribution is -2.49. The molecule has 2 fully saturated rings. The molecule has 2 N–H and O–H groups in total. The Morgan fingerprint density at radius 2 is 1.92 bits per heavy atom. The molecule has 26 heavy (non-hydrogen) atoms. The zero-order chi connectivity index (χ0) is 17.1. The Bertz CT molecular complexity index is 580. The molecular formula is C17H30Cl2N6O. The van der Waals surface area contributed by atoms with E-state index in [0.717, 1.165) is 51.3 Å². The van der Waals surface area contributed by atoms with Gasteiger partial charge in [-0.25, -0.2) is 4.98 Å². The number of nitrogens with zero attached hydrogens (tertiary/aromatic N) is 5. The lowest BCUT2D eigenvalue weighted by atomic mass is 9.99. The maximum absolute atomic E-state index is 12.5. The smallest absolute Gasteiger partial charge is 0.226 e. The summed E-state index contributed by atoms with van der Waals surface area (Å²) in [6.07, 6.45) is 5.72. The van der Waals surface area contributed by atoms with Gasteiger partial charge < -0.3 is 20.4 Å². The number of halogens is 2. The summed E-state index contributed by atoms with van der Waals surface area (Å²) in [5, 5.41) is 0. The topological polar surface area (TPSA) is 78.6 Å². The molecule has 0 radical (unpaired) electrons. The van der Waals surface area contributed by atoms with Crippen LogP contribution in [0.5, 0.6) is 0 Å². The van der Waals surface area contributed by atoms with Crippen LogP contribution < -0.4 is 15.5 Å². The van der Waals surface area contributed by atoms with Gasteiger partial charge in [0.1, 0.15) is 5.82 Å². The van der Waals surface area contributed by atoms with Gasteiger partial charge in [0.15, 0.2) is 0 Å². The second-order valence-electron chi connectivity index (χ2n) is 7.04. The summed E-state index contributed by atoms with van der Waals surface area (Å²) < 4.78 is 0. The number of hydrogen-bond acceptors (Lipinski definition) is 6. The lowest BCUT2D eigenvalue weighted by molar-refractivity contribution is -0.132. The van der Waals surface area contributed by atoms with Crippen molar-refractivity contribution in [2.75, 3.05) is 50.1 Å². The van der Waals surface area contributed by atoms with Crippen molar-refractivity contribution in [1.29, 1.82) is 0 Å². The van der Waals surface area contributed by atoms with Gasteiger partial charge >= 0.3 is 0 Å². The highest BCUT2D eigenvalue weighted by Gasteiger charge is 2.29. The summed E-state index contributed by atoms with van der Waals surface area (Å²) in [5.41, 5.74) is 6.10. The van der Waals surface area contributed by atoms with Crippen LogP contribution in [0.1, 0.15) is 25.7 Å². The van der Waals surface area contributed by atoms with E-state index in [1.807, 2.05) is 30.0 Å². The first kappa shape index (κ1) is 22.7. The molecule has 148 valence electrons. The van der Waals surface area contributed by atoms with Crippen LogP contribution in [0, 0.1) is 5.92 Å². The predicted octanol–water partition coefficient (Wildman–Crippen LogP) is 1.55. The van der Waals surface area contributed by atoms with E-state index in [1.165, 1.54) is 0 Å². The summed E-state index contributed by atoms with van der Waals surface area (Å²) in [6.45, 7) is 3.13. The highest BCUT2D eigenvalue weighted by atomic mass is 35.5. The van der Waals surface area contributed by atoms with E-state index in [9.17, 15) is 4.79 Å². The summed E-state index contributed by atoms with van der Waals surface area (Å²) in [7, 11) is 3.87. The molecule has 7 nitrogen and oxygen atoms in total. The van der Waals surface area contributed by atoms with Crippen LogP contribution in [0.2, 0.25) is 0 Å². The molecule has 1 aliphatic heterocycles. The summed E-state index contributed by atoms with van der Waals surface area (Å²) in [4.78, 5) is 27.4. The Kier molecular flexibility index (Phi) is 8.86. The van der Waals surface area contributed by atoms with Crippen LogP contribution in [-0.2, 0) is 4.79 Å². The van der Waals surface area contributed by atoms with Gasteiger partial charge in [-0.05, 0) is 24.8 Å². The second-order valence-corrected chi connectivity index (χ2v) is 7.04. The van der Waals surface area contributed by atoms with Crippen molar-refractivity contribution in [1.82, 2.24) is 14.9 Å². The average Bonchev–Trinajstić information content (AvgIpc) is 3.00. The monoisotopic (exact) mass is 404 g/mol. The van der Waals surface area contributed by atoms with Gasteiger partial charge in [0.25, 0.3) is 0 Å². The van der Waals surface area contributed by atoms with E-state index in [4.69, 9.17) is 5.73 Å². The van der Waals surface area contributed by atoms with Crippen LogP contribution >= 0.6 is 24.8 Å². The zero-order valence-corrected chi connectivity index (χ0v) is 17.1. The maximum Gasteiger partial charge on any atom is 0.226 e. The number of amides is 1. The van der Waals surface area contributed by atoms with Crippen LogP contribution in [0.25, 0.3) is 0 Å². The molecule has 1 aromatic rings. The molecule has 0 aromatic carbocycles. The molecule has 0 bridgehead atoms. The molecule has 9 heteroatoms. The number of nitrogens with two attached hydrogens (primary N) is 1. The molecule has 1 aromatic heterocycles. The number of anilines is 2. The molecule has 2 heterocycles. The van der Waals surface area contributed by atoms with E-state index in [-0.39, 0.29) is 36.8 Å². The van der Waals surface area contributed by atoms with Gasteiger partial charge in [-0.15, -0.1) is 24.8 Å². The van der Waals surface area contributed by atoms with Crippen molar-refractivity contribution in [2.45, 2.75) is 31.7 Å². The minimum absolute atomic E-state index is 0. The first-order valence-corrected chi connectivity index (χ1v) is 8.83. The number of aromatic nitrogens is 2.